The van der Waals surface area contributed by atoms with Crippen LogP contribution in [0.3, 0.4) is 0 Å². The molecule has 2 aliphatic rings. The summed E-state index contributed by atoms with van der Waals surface area (Å²) in [6.07, 6.45) is 2.37. The van der Waals surface area contributed by atoms with Crippen molar-refractivity contribution in [2.24, 2.45) is 5.92 Å². The van der Waals surface area contributed by atoms with Gasteiger partial charge in [0.05, 0.1) is 18.2 Å². The van der Waals surface area contributed by atoms with Gasteiger partial charge in [-0.15, -0.1) is 0 Å². The Morgan fingerprint density at radius 3 is 2.46 bits per heavy atom. The van der Waals surface area contributed by atoms with Crippen molar-refractivity contribution in [2.45, 2.75) is 43.6 Å². The molecule has 4 atom stereocenters. The van der Waals surface area contributed by atoms with Crippen LogP contribution in [0.15, 0.2) is 60.7 Å². The molecule has 0 aliphatic carbocycles. The molecule has 26 heavy (non-hydrogen) atoms. The van der Waals surface area contributed by atoms with Gasteiger partial charge in [0.1, 0.15) is 5.92 Å². The van der Waals surface area contributed by atoms with E-state index >= 15 is 0 Å². The third-order valence-electron chi connectivity index (χ3n) is 6.27. The van der Waals surface area contributed by atoms with E-state index in [-0.39, 0.29) is 6.10 Å². The fourth-order valence-corrected chi connectivity index (χ4v) is 5.00. The summed E-state index contributed by atoms with van der Waals surface area (Å²) in [7, 11) is 2.08. The molecular formula is C22H25NO3. The first-order valence-electron chi connectivity index (χ1n) is 9.30. The molecule has 0 aromatic heterocycles. The van der Waals surface area contributed by atoms with Crippen molar-refractivity contribution in [1.82, 2.24) is 4.90 Å². The van der Waals surface area contributed by atoms with Gasteiger partial charge in [-0.25, -0.2) is 0 Å². The monoisotopic (exact) mass is 351 g/mol. The zero-order valence-corrected chi connectivity index (χ0v) is 15.0. The molecule has 0 amide bonds. The molecule has 2 saturated heterocycles. The first kappa shape index (κ1) is 17.3. The highest BCUT2D eigenvalue weighted by Gasteiger charge is 2.60. The summed E-state index contributed by atoms with van der Waals surface area (Å²) < 4.78 is 6.21. The average Bonchev–Trinajstić information content (AvgIpc) is 2.88. The number of ether oxygens (including phenoxy) is 1. The predicted molar refractivity (Wildman–Crippen MR) is 99.7 cm³/mol. The predicted octanol–water partition coefficient (Wildman–Crippen LogP) is 3.67. The van der Waals surface area contributed by atoms with Crippen molar-refractivity contribution in [3.05, 3.63) is 71.8 Å². The molecule has 4 unspecified atom stereocenters. The molecule has 4 heteroatoms. The molecular weight excluding hydrogens is 326 g/mol. The van der Waals surface area contributed by atoms with E-state index in [2.05, 4.69) is 24.1 Å². The topological polar surface area (TPSA) is 49.8 Å². The number of rotatable bonds is 5. The van der Waals surface area contributed by atoms with Crippen LogP contribution in [0.4, 0.5) is 0 Å². The van der Waals surface area contributed by atoms with E-state index in [0.29, 0.717) is 12.6 Å². The van der Waals surface area contributed by atoms with E-state index in [9.17, 15) is 9.90 Å². The molecule has 2 aromatic rings. The van der Waals surface area contributed by atoms with Gasteiger partial charge in [-0.05, 0) is 37.4 Å². The lowest BCUT2D eigenvalue weighted by Gasteiger charge is -2.50. The first-order valence-corrected chi connectivity index (χ1v) is 9.30. The number of benzene rings is 2. The Bertz CT molecular complexity index is 763. The lowest BCUT2D eigenvalue weighted by atomic mass is 9.71. The number of nitrogens with zero attached hydrogens (tertiary/aromatic N) is 1. The number of carboxylic acid groups (broad SMARTS) is 1. The SMILES string of the molecule is CN1C2CCC1(c1ccccc1)C(C(=O)O)C(OCc1ccccc1)C2. The number of carboxylic acids is 1. The van der Waals surface area contributed by atoms with Gasteiger partial charge < -0.3 is 9.84 Å². The molecule has 1 N–H and O–H groups in total. The second-order valence-corrected chi connectivity index (χ2v) is 7.48. The molecule has 136 valence electrons. The summed E-state index contributed by atoms with van der Waals surface area (Å²) in [6, 6.07) is 20.5. The van der Waals surface area contributed by atoms with Crippen LogP contribution in [-0.4, -0.2) is 35.2 Å². The van der Waals surface area contributed by atoms with Crippen molar-refractivity contribution in [1.29, 1.82) is 0 Å². The summed E-state index contributed by atoms with van der Waals surface area (Å²) in [5.74, 6) is -1.34. The summed E-state index contributed by atoms with van der Waals surface area (Å²) in [5.41, 5.74) is 1.68. The maximum Gasteiger partial charge on any atom is 0.311 e. The zero-order valence-electron chi connectivity index (χ0n) is 15.0. The fourth-order valence-electron chi connectivity index (χ4n) is 5.00. The Balaban J connectivity index is 1.67. The van der Waals surface area contributed by atoms with Crippen LogP contribution in [0.25, 0.3) is 0 Å². The lowest BCUT2D eigenvalue weighted by molar-refractivity contribution is -0.167. The van der Waals surface area contributed by atoms with Crippen molar-refractivity contribution in [2.75, 3.05) is 7.05 Å². The van der Waals surface area contributed by atoms with E-state index < -0.39 is 17.4 Å². The largest absolute Gasteiger partial charge is 0.481 e. The first-order chi connectivity index (χ1) is 12.6. The molecule has 2 heterocycles. The molecule has 2 bridgehead atoms. The molecule has 2 aromatic carbocycles. The maximum absolute atomic E-state index is 12.4. The minimum Gasteiger partial charge on any atom is -0.481 e. The minimum atomic E-state index is -0.765. The number of hydrogen-bond donors (Lipinski definition) is 1. The third-order valence-corrected chi connectivity index (χ3v) is 6.27. The number of piperidine rings is 1. The summed E-state index contributed by atoms with van der Waals surface area (Å²) in [4.78, 5) is 14.7. The van der Waals surface area contributed by atoms with Crippen LogP contribution in [0, 0.1) is 5.92 Å². The number of fused-ring (bicyclic) bond motifs is 2. The highest BCUT2D eigenvalue weighted by molar-refractivity contribution is 5.74. The Kier molecular flexibility index (Phi) is 4.55. The van der Waals surface area contributed by atoms with Crippen molar-refractivity contribution in [3.63, 3.8) is 0 Å². The highest BCUT2D eigenvalue weighted by Crippen LogP contribution is 2.53. The Morgan fingerprint density at radius 1 is 1.15 bits per heavy atom. The van der Waals surface area contributed by atoms with Gasteiger partial charge in [-0.3, -0.25) is 9.69 Å². The smallest absolute Gasteiger partial charge is 0.311 e. The van der Waals surface area contributed by atoms with Gasteiger partial charge >= 0.3 is 5.97 Å². The average molecular weight is 351 g/mol. The molecule has 0 saturated carbocycles. The van der Waals surface area contributed by atoms with Crippen molar-refractivity contribution in [3.8, 4) is 0 Å². The summed E-state index contributed by atoms with van der Waals surface area (Å²) in [6.45, 7) is 0.455. The summed E-state index contributed by atoms with van der Waals surface area (Å²) in [5, 5.41) is 10.2. The van der Waals surface area contributed by atoms with Crippen molar-refractivity contribution < 1.29 is 14.6 Å². The lowest BCUT2D eigenvalue weighted by Crippen LogP contribution is -2.59. The van der Waals surface area contributed by atoms with Crippen LogP contribution >= 0.6 is 0 Å². The van der Waals surface area contributed by atoms with E-state index in [4.69, 9.17) is 4.74 Å². The fraction of sp³-hybridized carbons (Fsp3) is 0.409. The van der Waals surface area contributed by atoms with Crippen LogP contribution in [0.1, 0.15) is 30.4 Å². The Hall–Kier alpha value is -2.17. The number of aliphatic carboxylic acids is 1. The van der Waals surface area contributed by atoms with E-state index in [1.54, 1.807) is 0 Å². The molecule has 0 radical (unpaired) electrons. The van der Waals surface area contributed by atoms with Gasteiger partial charge in [0, 0.05) is 6.04 Å². The van der Waals surface area contributed by atoms with Crippen LogP contribution in [0.5, 0.6) is 0 Å². The highest BCUT2D eigenvalue weighted by atomic mass is 16.5. The Labute approximate surface area is 154 Å². The molecule has 2 aliphatic heterocycles. The van der Waals surface area contributed by atoms with E-state index in [1.165, 1.54) is 0 Å². The van der Waals surface area contributed by atoms with E-state index in [1.807, 2.05) is 48.5 Å². The number of hydrogen-bond acceptors (Lipinski definition) is 3. The van der Waals surface area contributed by atoms with Gasteiger partial charge in [-0.1, -0.05) is 60.7 Å². The Morgan fingerprint density at radius 2 is 1.81 bits per heavy atom. The van der Waals surface area contributed by atoms with Gasteiger partial charge in [0.25, 0.3) is 0 Å². The second-order valence-electron chi connectivity index (χ2n) is 7.48. The minimum absolute atomic E-state index is 0.281. The van der Waals surface area contributed by atoms with Crippen molar-refractivity contribution >= 4 is 5.97 Å². The van der Waals surface area contributed by atoms with Gasteiger partial charge in [0.15, 0.2) is 0 Å². The van der Waals surface area contributed by atoms with Gasteiger partial charge in [0.2, 0.25) is 0 Å². The standard InChI is InChI=1S/C22H25NO3/c1-23-18-12-13-22(23,17-10-6-3-7-11-17)20(21(24)25)19(14-18)26-15-16-8-4-2-5-9-16/h2-11,18-20H,12-15H2,1H3,(H,24,25). The third kappa shape index (κ3) is 2.74. The second kappa shape index (κ2) is 6.86. The van der Waals surface area contributed by atoms with E-state index in [0.717, 1.165) is 30.4 Å². The normalized spacial score (nSPS) is 31.0. The van der Waals surface area contributed by atoms with Crippen LogP contribution in [0.2, 0.25) is 0 Å². The molecule has 2 fully saturated rings. The zero-order chi connectivity index (χ0) is 18.1. The maximum atomic E-state index is 12.4. The van der Waals surface area contributed by atoms with Crippen LogP contribution in [-0.2, 0) is 21.7 Å². The molecule has 0 spiro atoms. The number of carbonyl (C=O) groups is 1. The molecule has 4 nitrogen and oxygen atoms in total. The van der Waals surface area contributed by atoms with Gasteiger partial charge in [-0.2, -0.15) is 0 Å². The van der Waals surface area contributed by atoms with Crippen LogP contribution < -0.4 is 0 Å². The summed E-state index contributed by atoms with van der Waals surface area (Å²) >= 11 is 0. The quantitative estimate of drug-likeness (QED) is 0.893. The molecule has 4 rings (SSSR count).